The number of methoxy groups -OCH3 is 2. The van der Waals surface area contributed by atoms with Crippen molar-refractivity contribution in [3.05, 3.63) is 69.9 Å². The van der Waals surface area contributed by atoms with Gasteiger partial charge in [-0.05, 0) is 61.6 Å². The molecule has 2 aliphatic rings. The van der Waals surface area contributed by atoms with Gasteiger partial charge in [-0.2, -0.15) is 0 Å². The molecule has 1 aliphatic carbocycles. The van der Waals surface area contributed by atoms with Gasteiger partial charge in [0.1, 0.15) is 12.5 Å². The monoisotopic (exact) mass is 525 g/mol. The molecule has 3 atom stereocenters. The van der Waals surface area contributed by atoms with Crippen molar-refractivity contribution in [2.24, 2.45) is 10.9 Å². The summed E-state index contributed by atoms with van der Waals surface area (Å²) in [4.78, 5) is 31.8. The van der Waals surface area contributed by atoms with Crippen LogP contribution in [0.25, 0.3) is 0 Å². The Morgan fingerprint density at radius 1 is 1.03 bits per heavy atom. The van der Waals surface area contributed by atoms with Crippen LogP contribution in [0.3, 0.4) is 0 Å². The van der Waals surface area contributed by atoms with Crippen LogP contribution in [0.15, 0.2) is 58.7 Å². The Hall–Kier alpha value is -3.16. The second-order valence-corrected chi connectivity index (χ2v) is 9.57. The van der Waals surface area contributed by atoms with E-state index in [9.17, 15) is 9.59 Å². The van der Waals surface area contributed by atoms with Gasteiger partial charge in [0.25, 0.3) is 0 Å². The van der Waals surface area contributed by atoms with E-state index in [1.807, 2.05) is 50.2 Å². The van der Waals surface area contributed by atoms with E-state index in [2.05, 4.69) is 0 Å². The molecule has 0 radical (unpaired) electrons. The predicted molar refractivity (Wildman–Crippen MR) is 142 cm³/mol. The van der Waals surface area contributed by atoms with Crippen LogP contribution in [0.4, 0.5) is 0 Å². The molecule has 37 heavy (non-hydrogen) atoms. The molecule has 0 N–H and O–H groups in total. The van der Waals surface area contributed by atoms with E-state index in [0.717, 1.165) is 11.1 Å². The van der Waals surface area contributed by atoms with Crippen molar-refractivity contribution in [2.75, 3.05) is 34.0 Å². The van der Waals surface area contributed by atoms with Crippen LogP contribution in [-0.4, -0.2) is 51.5 Å². The highest BCUT2D eigenvalue weighted by molar-refractivity contribution is 6.30. The molecule has 0 fully saturated rings. The molecule has 0 saturated carbocycles. The molecule has 2 aromatic carbocycles. The van der Waals surface area contributed by atoms with Crippen LogP contribution in [0.2, 0.25) is 5.02 Å². The minimum absolute atomic E-state index is 0.0330. The number of hydrogen-bond acceptors (Lipinski definition) is 7. The maximum absolute atomic E-state index is 13.7. The van der Waals surface area contributed by atoms with Gasteiger partial charge in [0.2, 0.25) is 0 Å². The average Bonchev–Trinajstić information content (AvgIpc) is 2.89. The van der Waals surface area contributed by atoms with Crippen LogP contribution in [-0.2, 0) is 19.1 Å². The number of carbonyl (C=O) groups is 2. The summed E-state index contributed by atoms with van der Waals surface area (Å²) < 4.78 is 21.7. The Kier molecular flexibility index (Phi) is 8.67. The first-order valence-corrected chi connectivity index (χ1v) is 12.8. The molecule has 0 aromatic heterocycles. The lowest BCUT2D eigenvalue weighted by atomic mass is 9.69. The second-order valence-electron chi connectivity index (χ2n) is 9.13. The molecule has 196 valence electrons. The molecule has 7 nitrogen and oxygen atoms in total. The van der Waals surface area contributed by atoms with E-state index >= 15 is 0 Å². The SMILES string of the molecule is CCOCCOC(=O)C1C(C)=NC2=C(C(=O)C[C@H](c3ccc(OC)c(OC)c3)C2)[C@@H]1c1cccc(Cl)c1. The van der Waals surface area contributed by atoms with E-state index in [1.165, 1.54) is 0 Å². The normalized spacial score (nSPS) is 21.3. The molecular weight excluding hydrogens is 494 g/mol. The van der Waals surface area contributed by atoms with Crippen LogP contribution < -0.4 is 9.47 Å². The van der Waals surface area contributed by atoms with E-state index in [1.54, 1.807) is 20.3 Å². The molecule has 1 aliphatic heterocycles. The molecule has 2 aromatic rings. The van der Waals surface area contributed by atoms with Crippen molar-refractivity contribution in [3.8, 4) is 11.5 Å². The number of esters is 1. The average molecular weight is 526 g/mol. The highest BCUT2D eigenvalue weighted by atomic mass is 35.5. The van der Waals surface area contributed by atoms with Crippen LogP contribution in [0.1, 0.15) is 49.7 Å². The van der Waals surface area contributed by atoms with E-state index in [0.29, 0.717) is 59.6 Å². The number of halogens is 1. The van der Waals surface area contributed by atoms with Crippen molar-refractivity contribution in [1.29, 1.82) is 0 Å². The summed E-state index contributed by atoms with van der Waals surface area (Å²) in [5.74, 6) is -0.530. The smallest absolute Gasteiger partial charge is 0.315 e. The third-order valence-corrected chi connectivity index (χ3v) is 7.14. The quantitative estimate of drug-likeness (QED) is 0.317. The number of Topliss-reactive ketones (excluding diaryl/α,β-unsaturated/α-hetero) is 1. The van der Waals surface area contributed by atoms with Gasteiger partial charge in [-0.25, -0.2) is 0 Å². The third-order valence-electron chi connectivity index (χ3n) is 6.91. The molecule has 8 heteroatoms. The molecule has 0 bridgehead atoms. The van der Waals surface area contributed by atoms with Crippen molar-refractivity contribution in [3.63, 3.8) is 0 Å². The van der Waals surface area contributed by atoms with Crippen LogP contribution >= 0.6 is 11.6 Å². The summed E-state index contributed by atoms with van der Waals surface area (Å²) in [5, 5.41) is 0.537. The maximum atomic E-state index is 13.7. The summed E-state index contributed by atoms with van der Waals surface area (Å²) in [7, 11) is 3.18. The zero-order valence-electron chi connectivity index (χ0n) is 21.6. The van der Waals surface area contributed by atoms with Gasteiger partial charge in [-0.1, -0.05) is 29.8 Å². The number of allylic oxidation sites excluding steroid dienone is 2. The maximum Gasteiger partial charge on any atom is 0.315 e. The number of nitrogens with zero attached hydrogens (tertiary/aromatic N) is 1. The van der Waals surface area contributed by atoms with Gasteiger partial charge in [0.05, 0.1) is 20.8 Å². The van der Waals surface area contributed by atoms with Crippen LogP contribution in [0, 0.1) is 5.92 Å². The van der Waals surface area contributed by atoms with Crippen LogP contribution in [0.5, 0.6) is 11.5 Å². The first kappa shape index (κ1) is 26.9. The lowest BCUT2D eigenvalue weighted by Gasteiger charge is -2.36. The minimum atomic E-state index is -0.722. The Labute approximate surface area is 222 Å². The predicted octanol–water partition coefficient (Wildman–Crippen LogP) is 5.51. The number of carbonyl (C=O) groups excluding carboxylic acids is 2. The van der Waals surface area contributed by atoms with Gasteiger partial charge < -0.3 is 18.9 Å². The van der Waals surface area contributed by atoms with Crippen molar-refractivity contribution in [2.45, 2.75) is 38.5 Å². The standard InChI is InChI=1S/C29H32ClNO6/c1-5-36-11-12-37-29(33)26-17(2)31-22-14-20(18-9-10-24(34-3)25(16-18)35-4)15-23(32)28(22)27(26)19-7-6-8-21(30)13-19/h6-10,13,16,20,26-27H,5,11-12,14-15H2,1-4H3/t20-,26?,27-/m1/s1. The Morgan fingerprint density at radius 2 is 1.81 bits per heavy atom. The molecular formula is C29H32ClNO6. The summed E-state index contributed by atoms with van der Waals surface area (Å²) >= 11 is 6.33. The first-order chi connectivity index (χ1) is 17.9. The van der Waals surface area contributed by atoms with Gasteiger partial charge >= 0.3 is 5.97 Å². The Bertz CT molecular complexity index is 1240. The topological polar surface area (TPSA) is 83.4 Å². The van der Waals surface area contributed by atoms with E-state index in [4.69, 9.17) is 35.5 Å². The third kappa shape index (κ3) is 5.73. The summed E-state index contributed by atoms with van der Waals surface area (Å²) in [6.45, 7) is 4.69. The zero-order chi connectivity index (χ0) is 26.5. The van der Waals surface area contributed by atoms with Gasteiger partial charge in [0.15, 0.2) is 17.3 Å². The first-order valence-electron chi connectivity index (χ1n) is 12.4. The van der Waals surface area contributed by atoms with Gasteiger partial charge in [0, 0.05) is 41.0 Å². The van der Waals surface area contributed by atoms with Crippen molar-refractivity contribution >= 4 is 29.1 Å². The highest BCUT2D eigenvalue weighted by Gasteiger charge is 2.44. The van der Waals surface area contributed by atoms with Crippen molar-refractivity contribution in [1.82, 2.24) is 0 Å². The Morgan fingerprint density at radius 3 is 2.51 bits per heavy atom. The molecule has 4 rings (SSSR count). The number of rotatable bonds is 9. The fourth-order valence-corrected chi connectivity index (χ4v) is 5.40. The fourth-order valence-electron chi connectivity index (χ4n) is 5.20. The summed E-state index contributed by atoms with van der Waals surface area (Å²) in [5.41, 5.74) is 3.65. The van der Waals surface area contributed by atoms with Gasteiger partial charge in [-0.15, -0.1) is 0 Å². The molecule has 0 amide bonds. The zero-order valence-corrected chi connectivity index (χ0v) is 22.3. The van der Waals surface area contributed by atoms with E-state index in [-0.39, 0.29) is 18.3 Å². The molecule has 1 unspecified atom stereocenters. The fraction of sp³-hybridized carbons (Fsp3) is 0.414. The summed E-state index contributed by atoms with van der Waals surface area (Å²) in [6.07, 6.45) is 0.864. The highest BCUT2D eigenvalue weighted by Crippen LogP contribution is 2.47. The molecule has 0 spiro atoms. The lowest BCUT2D eigenvalue weighted by Crippen LogP contribution is -2.38. The van der Waals surface area contributed by atoms with Gasteiger partial charge in [-0.3, -0.25) is 14.6 Å². The number of benzene rings is 2. The largest absolute Gasteiger partial charge is 0.493 e. The number of ketones is 1. The summed E-state index contributed by atoms with van der Waals surface area (Å²) in [6, 6.07) is 13.0. The second kappa shape index (κ2) is 11.9. The van der Waals surface area contributed by atoms with E-state index < -0.39 is 17.8 Å². The minimum Gasteiger partial charge on any atom is -0.493 e. The molecule has 1 heterocycles. The number of ether oxygens (including phenoxy) is 4. The van der Waals surface area contributed by atoms with Crippen molar-refractivity contribution < 1.29 is 28.5 Å². The number of aliphatic imine (C=N–C) groups is 1. The number of hydrogen-bond donors (Lipinski definition) is 0. The molecule has 0 saturated heterocycles. The Balaban J connectivity index is 1.71. The lowest BCUT2D eigenvalue weighted by molar-refractivity contribution is -0.148.